The van der Waals surface area contributed by atoms with Crippen molar-refractivity contribution >= 4 is 39.3 Å². The van der Waals surface area contributed by atoms with E-state index in [1.165, 1.54) is 31.4 Å². The van der Waals surface area contributed by atoms with Gasteiger partial charge >= 0.3 is 12.6 Å². The number of carbonyl (C=O) groups excluding carboxylic acids is 3. The van der Waals surface area contributed by atoms with Crippen LogP contribution in [0.25, 0.3) is 0 Å². The smallest absolute Gasteiger partial charge is 0.387 e. The van der Waals surface area contributed by atoms with Crippen molar-refractivity contribution in [2.75, 3.05) is 19.0 Å². The molecule has 0 bridgehead atoms. The maximum Gasteiger partial charge on any atom is 0.387 e. The Balaban J connectivity index is 1.83. The van der Waals surface area contributed by atoms with Crippen LogP contribution in [-0.4, -0.2) is 38.0 Å². The third-order valence-electron chi connectivity index (χ3n) is 3.76. The lowest BCUT2D eigenvalue weighted by atomic mass is 10.1. The summed E-state index contributed by atoms with van der Waals surface area (Å²) in [7, 11) is 1.43. The molecule has 30 heavy (non-hydrogen) atoms. The van der Waals surface area contributed by atoms with Crippen molar-refractivity contribution < 1.29 is 37.4 Å². The molecule has 0 unspecified atom stereocenters. The van der Waals surface area contributed by atoms with E-state index in [0.29, 0.717) is 15.8 Å². The molecule has 7 nitrogen and oxygen atoms in total. The number of alkyl halides is 2. The number of methoxy groups -OCH3 is 1. The zero-order valence-electron chi connectivity index (χ0n) is 15.8. The minimum Gasteiger partial charge on any atom is -0.496 e. The summed E-state index contributed by atoms with van der Waals surface area (Å²) in [6.45, 7) is -3.70. The van der Waals surface area contributed by atoms with Crippen molar-refractivity contribution in [1.82, 2.24) is 0 Å². The van der Waals surface area contributed by atoms with Gasteiger partial charge in [0.25, 0.3) is 5.91 Å². The molecule has 0 saturated carbocycles. The van der Waals surface area contributed by atoms with Crippen LogP contribution in [0.15, 0.2) is 46.9 Å². The molecular formula is C20H18BrF2NO6. The van der Waals surface area contributed by atoms with Gasteiger partial charge in [0.2, 0.25) is 0 Å². The number of amides is 1. The molecule has 2 rings (SSSR count). The Bertz CT molecular complexity index is 922. The lowest BCUT2D eigenvalue weighted by Gasteiger charge is -2.12. The van der Waals surface area contributed by atoms with Gasteiger partial charge in [0.15, 0.2) is 12.4 Å². The average Bonchev–Trinajstić information content (AvgIpc) is 2.71. The summed E-state index contributed by atoms with van der Waals surface area (Å²) in [5, 5.41) is 2.32. The van der Waals surface area contributed by atoms with Crippen LogP contribution < -0.4 is 14.8 Å². The highest BCUT2D eigenvalue weighted by atomic mass is 79.9. The van der Waals surface area contributed by atoms with Gasteiger partial charge < -0.3 is 19.5 Å². The van der Waals surface area contributed by atoms with E-state index < -0.39 is 25.1 Å². The van der Waals surface area contributed by atoms with Crippen LogP contribution in [0.5, 0.6) is 11.5 Å². The van der Waals surface area contributed by atoms with Crippen molar-refractivity contribution in [3.63, 3.8) is 0 Å². The highest BCUT2D eigenvalue weighted by Crippen LogP contribution is 2.26. The molecular weight excluding hydrogens is 468 g/mol. The van der Waals surface area contributed by atoms with Crippen LogP contribution in [0.2, 0.25) is 0 Å². The van der Waals surface area contributed by atoms with Crippen LogP contribution in [-0.2, 0) is 14.3 Å². The molecule has 0 spiro atoms. The number of halogens is 3. The second-order valence-corrected chi connectivity index (χ2v) is 6.77. The maximum absolute atomic E-state index is 12.4. The van der Waals surface area contributed by atoms with Crippen molar-refractivity contribution in [1.29, 1.82) is 0 Å². The second kappa shape index (κ2) is 11.2. The lowest BCUT2D eigenvalue weighted by Crippen LogP contribution is -2.21. The van der Waals surface area contributed by atoms with E-state index >= 15 is 0 Å². The van der Waals surface area contributed by atoms with Crippen LogP contribution in [0.4, 0.5) is 14.5 Å². The molecule has 0 aromatic heterocycles. The van der Waals surface area contributed by atoms with Gasteiger partial charge in [0.1, 0.15) is 11.5 Å². The molecule has 0 atom stereocenters. The van der Waals surface area contributed by atoms with Crippen molar-refractivity contribution in [3.8, 4) is 11.5 Å². The Hall–Kier alpha value is -3.01. The first-order valence-electron chi connectivity index (χ1n) is 8.66. The molecule has 0 saturated heterocycles. The first-order chi connectivity index (χ1) is 14.3. The van der Waals surface area contributed by atoms with Gasteiger partial charge in [-0.1, -0.05) is 28.1 Å². The van der Waals surface area contributed by atoms with E-state index in [2.05, 4.69) is 26.0 Å². The Morgan fingerprint density at radius 2 is 1.80 bits per heavy atom. The van der Waals surface area contributed by atoms with E-state index in [0.717, 1.165) is 0 Å². The van der Waals surface area contributed by atoms with Gasteiger partial charge in [-0.05, 0) is 30.3 Å². The van der Waals surface area contributed by atoms with Gasteiger partial charge in [-0.25, -0.2) is 0 Å². The highest BCUT2D eigenvalue weighted by molar-refractivity contribution is 9.10. The summed E-state index contributed by atoms with van der Waals surface area (Å²) in [5.41, 5.74) is 0.323. The molecule has 10 heteroatoms. The third-order valence-corrected chi connectivity index (χ3v) is 4.25. The van der Waals surface area contributed by atoms with E-state index in [1.54, 1.807) is 18.2 Å². The number of anilines is 1. The summed E-state index contributed by atoms with van der Waals surface area (Å²) in [4.78, 5) is 36.1. The molecule has 0 aliphatic carbocycles. The number of Topliss-reactive ketones (excluding diaryl/α,β-unsaturated/α-hetero) is 1. The molecule has 1 N–H and O–H groups in total. The van der Waals surface area contributed by atoms with Crippen LogP contribution in [0, 0.1) is 0 Å². The molecule has 0 aliphatic rings. The number of esters is 1. The molecule has 1 amide bonds. The SMILES string of the molecule is COc1ccc(Br)cc1C(=O)CCC(=O)OCC(=O)Nc1ccccc1OC(F)F. The number of ether oxygens (including phenoxy) is 3. The summed E-state index contributed by atoms with van der Waals surface area (Å²) < 4.78 is 39.7. The molecule has 0 heterocycles. The Kier molecular flexibility index (Phi) is 8.72. The molecule has 160 valence electrons. The second-order valence-electron chi connectivity index (χ2n) is 5.85. The zero-order valence-corrected chi connectivity index (χ0v) is 17.4. The first kappa shape index (κ1) is 23.3. The minimum atomic E-state index is -3.05. The van der Waals surface area contributed by atoms with Gasteiger partial charge in [-0.2, -0.15) is 8.78 Å². The minimum absolute atomic E-state index is 0.00998. The predicted molar refractivity (Wildman–Crippen MR) is 107 cm³/mol. The lowest BCUT2D eigenvalue weighted by molar-refractivity contribution is -0.147. The number of hydrogen-bond donors (Lipinski definition) is 1. The Morgan fingerprint density at radius 3 is 2.50 bits per heavy atom. The number of para-hydroxylation sites is 2. The number of hydrogen-bond acceptors (Lipinski definition) is 6. The monoisotopic (exact) mass is 485 g/mol. The molecule has 0 radical (unpaired) electrons. The summed E-state index contributed by atoms with van der Waals surface area (Å²) >= 11 is 3.27. The molecule has 0 fully saturated rings. The fourth-order valence-electron chi connectivity index (χ4n) is 2.42. The maximum atomic E-state index is 12.4. The number of carbonyl (C=O) groups is 3. The van der Waals surface area contributed by atoms with E-state index in [-0.39, 0.29) is 30.1 Å². The topological polar surface area (TPSA) is 90.9 Å². The zero-order chi connectivity index (χ0) is 22.1. The quantitative estimate of drug-likeness (QED) is 0.400. The largest absolute Gasteiger partial charge is 0.496 e. The standard InChI is InChI=1S/C20H18BrF2NO6/c1-28-16-8-6-12(21)10-13(16)15(25)7-9-19(27)29-11-18(26)24-14-4-2-3-5-17(14)30-20(22)23/h2-6,8,10,20H,7,9,11H2,1H3,(H,24,26). The Labute approximate surface area is 179 Å². The summed E-state index contributed by atoms with van der Waals surface area (Å²) in [5.74, 6) is -1.67. The number of nitrogens with one attached hydrogen (secondary N) is 1. The summed E-state index contributed by atoms with van der Waals surface area (Å²) in [6, 6.07) is 10.5. The third kappa shape index (κ3) is 7.11. The number of benzene rings is 2. The van der Waals surface area contributed by atoms with E-state index in [4.69, 9.17) is 9.47 Å². The van der Waals surface area contributed by atoms with Gasteiger partial charge in [0.05, 0.1) is 24.8 Å². The fourth-order valence-corrected chi connectivity index (χ4v) is 2.78. The van der Waals surface area contributed by atoms with Gasteiger partial charge in [-0.15, -0.1) is 0 Å². The molecule has 2 aromatic rings. The van der Waals surface area contributed by atoms with Gasteiger partial charge in [-0.3, -0.25) is 14.4 Å². The average molecular weight is 486 g/mol. The van der Waals surface area contributed by atoms with E-state index in [9.17, 15) is 23.2 Å². The van der Waals surface area contributed by atoms with Crippen molar-refractivity contribution in [3.05, 3.63) is 52.5 Å². The fraction of sp³-hybridized carbons (Fsp3) is 0.250. The van der Waals surface area contributed by atoms with E-state index in [1.807, 2.05) is 0 Å². The van der Waals surface area contributed by atoms with Crippen molar-refractivity contribution in [2.24, 2.45) is 0 Å². The van der Waals surface area contributed by atoms with Crippen LogP contribution >= 0.6 is 15.9 Å². The Morgan fingerprint density at radius 1 is 1.07 bits per heavy atom. The molecule has 0 aliphatic heterocycles. The van der Waals surface area contributed by atoms with Crippen LogP contribution in [0.3, 0.4) is 0 Å². The number of ketones is 1. The normalized spacial score (nSPS) is 10.4. The predicted octanol–water partition coefficient (Wildman–Crippen LogP) is 4.20. The number of rotatable bonds is 10. The first-order valence-corrected chi connectivity index (χ1v) is 9.45. The molecule has 2 aromatic carbocycles. The van der Waals surface area contributed by atoms with Gasteiger partial charge in [0, 0.05) is 10.9 Å². The highest BCUT2D eigenvalue weighted by Gasteiger charge is 2.17. The summed E-state index contributed by atoms with van der Waals surface area (Å²) in [6.07, 6.45) is -0.384. The van der Waals surface area contributed by atoms with Crippen LogP contribution in [0.1, 0.15) is 23.2 Å². The van der Waals surface area contributed by atoms with Crippen molar-refractivity contribution in [2.45, 2.75) is 19.5 Å².